The molecule has 2 amide bonds. The van der Waals surface area contributed by atoms with Crippen molar-refractivity contribution in [3.63, 3.8) is 0 Å². The third kappa shape index (κ3) is 4.14. The second-order valence-corrected chi connectivity index (χ2v) is 7.91. The Morgan fingerprint density at radius 1 is 1.03 bits per heavy atom. The molecule has 0 aliphatic carbocycles. The van der Waals surface area contributed by atoms with Crippen LogP contribution in [-0.4, -0.2) is 33.1 Å². The molecule has 8 heteroatoms. The van der Waals surface area contributed by atoms with E-state index in [2.05, 4.69) is 27.5 Å². The number of nitrogens with one attached hydrogen (secondary N) is 1. The minimum absolute atomic E-state index is 0.141. The van der Waals surface area contributed by atoms with Crippen LogP contribution in [-0.2, 0) is 13.0 Å². The molecule has 166 valence electrons. The quantitative estimate of drug-likeness (QED) is 0.502. The summed E-state index contributed by atoms with van der Waals surface area (Å²) >= 11 is 0. The van der Waals surface area contributed by atoms with Gasteiger partial charge < -0.3 is 10.2 Å². The third-order valence-corrected chi connectivity index (χ3v) is 5.71. The molecule has 0 saturated heterocycles. The van der Waals surface area contributed by atoms with Crippen molar-refractivity contribution < 1.29 is 9.59 Å². The zero-order chi connectivity index (χ0) is 23.5. The van der Waals surface area contributed by atoms with Crippen molar-refractivity contribution in [3.05, 3.63) is 107 Å². The number of hydrogen-bond acceptors (Lipinski definition) is 5. The highest BCUT2D eigenvalue weighted by atomic mass is 16.2. The Morgan fingerprint density at radius 3 is 2.56 bits per heavy atom. The molecule has 2 aromatic carbocycles. The van der Waals surface area contributed by atoms with E-state index >= 15 is 0 Å². The predicted octanol–water partition coefficient (Wildman–Crippen LogP) is 3.65. The van der Waals surface area contributed by atoms with Crippen LogP contribution in [0.3, 0.4) is 0 Å². The van der Waals surface area contributed by atoms with Gasteiger partial charge in [-0.3, -0.25) is 14.3 Å². The second kappa shape index (κ2) is 9.00. The number of rotatable bonds is 5. The van der Waals surface area contributed by atoms with Crippen molar-refractivity contribution in [2.24, 2.45) is 0 Å². The molecular weight excluding hydrogens is 428 g/mol. The lowest BCUT2D eigenvalue weighted by Crippen LogP contribution is -2.41. The number of pyridine rings is 1. The summed E-state index contributed by atoms with van der Waals surface area (Å²) in [6, 6.07) is 23.0. The molecule has 4 aromatic rings. The maximum Gasteiger partial charge on any atom is 0.278 e. The van der Waals surface area contributed by atoms with Crippen LogP contribution < -0.4 is 10.2 Å². The van der Waals surface area contributed by atoms with Crippen LogP contribution in [0.15, 0.2) is 79.1 Å². The molecule has 1 aliphatic rings. The minimum atomic E-state index is -0.440. The lowest BCUT2D eigenvalue weighted by molar-refractivity contribution is 0.0963. The first-order chi connectivity index (χ1) is 16.6. The first kappa shape index (κ1) is 21.1. The zero-order valence-corrected chi connectivity index (χ0v) is 18.2. The van der Waals surface area contributed by atoms with Crippen LogP contribution in [0.5, 0.6) is 0 Å². The van der Waals surface area contributed by atoms with E-state index in [1.54, 1.807) is 9.58 Å². The van der Waals surface area contributed by atoms with Gasteiger partial charge in [0.05, 0.1) is 18.4 Å². The van der Waals surface area contributed by atoms with Gasteiger partial charge in [0.25, 0.3) is 11.8 Å². The van der Waals surface area contributed by atoms with Gasteiger partial charge in [0.15, 0.2) is 0 Å². The summed E-state index contributed by atoms with van der Waals surface area (Å²) in [7, 11) is 0. The van der Waals surface area contributed by atoms with Gasteiger partial charge in [0.1, 0.15) is 17.5 Å². The van der Waals surface area contributed by atoms with E-state index in [-0.39, 0.29) is 17.2 Å². The molecule has 1 N–H and O–H groups in total. The van der Waals surface area contributed by atoms with Crippen LogP contribution in [0, 0.1) is 11.3 Å². The topological polar surface area (TPSA) is 104 Å². The molecule has 2 aromatic heterocycles. The fourth-order valence-electron chi connectivity index (χ4n) is 4.00. The maximum atomic E-state index is 13.4. The number of amides is 2. The molecule has 0 spiro atoms. The van der Waals surface area contributed by atoms with Crippen molar-refractivity contribution in [1.82, 2.24) is 14.8 Å². The predicted molar refractivity (Wildman–Crippen MR) is 126 cm³/mol. The van der Waals surface area contributed by atoms with E-state index < -0.39 is 5.91 Å². The molecular formula is C26H20N6O2. The summed E-state index contributed by atoms with van der Waals surface area (Å²) in [5.74, 6) is -0.674. The summed E-state index contributed by atoms with van der Waals surface area (Å²) in [6.07, 6.45) is 3.69. The highest BCUT2D eigenvalue weighted by Gasteiger charge is 2.30. The van der Waals surface area contributed by atoms with Gasteiger partial charge in [-0.15, -0.1) is 0 Å². The largest absolute Gasteiger partial charge is 0.319 e. The molecule has 0 fully saturated rings. The van der Waals surface area contributed by atoms with Crippen molar-refractivity contribution in [2.75, 3.05) is 16.8 Å². The highest BCUT2D eigenvalue weighted by molar-refractivity contribution is 6.13. The number of nitriles is 1. The first-order valence-corrected chi connectivity index (χ1v) is 10.8. The van der Waals surface area contributed by atoms with Crippen molar-refractivity contribution in [3.8, 4) is 6.07 Å². The smallest absolute Gasteiger partial charge is 0.278 e. The molecule has 0 unspecified atom stereocenters. The van der Waals surface area contributed by atoms with Gasteiger partial charge in [0.2, 0.25) is 0 Å². The van der Waals surface area contributed by atoms with E-state index in [9.17, 15) is 9.59 Å². The zero-order valence-electron chi connectivity index (χ0n) is 18.2. The summed E-state index contributed by atoms with van der Waals surface area (Å²) in [4.78, 5) is 31.6. The number of carbonyl (C=O) groups is 2. The Balaban J connectivity index is 1.34. The van der Waals surface area contributed by atoms with Crippen LogP contribution in [0.4, 0.5) is 11.4 Å². The SMILES string of the molecule is N#Cc1cc(C(=O)Nc2cnn3c2C(=O)N(c2ccc(Cc4ccccc4)cc2)CC3)ccn1. The van der Waals surface area contributed by atoms with E-state index in [4.69, 9.17) is 5.26 Å². The number of nitrogens with zero attached hydrogens (tertiary/aromatic N) is 5. The number of carbonyl (C=O) groups excluding carboxylic acids is 2. The second-order valence-electron chi connectivity index (χ2n) is 7.91. The molecule has 3 heterocycles. The van der Waals surface area contributed by atoms with Gasteiger partial charge in [-0.2, -0.15) is 10.4 Å². The molecule has 0 bridgehead atoms. The Bertz CT molecular complexity index is 1400. The van der Waals surface area contributed by atoms with E-state index in [1.807, 2.05) is 48.5 Å². The Kier molecular flexibility index (Phi) is 5.58. The number of benzene rings is 2. The maximum absolute atomic E-state index is 13.4. The van der Waals surface area contributed by atoms with Crippen LogP contribution in [0.25, 0.3) is 0 Å². The first-order valence-electron chi connectivity index (χ1n) is 10.8. The third-order valence-electron chi connectivity index (χ3n) is 5.71. The average molecular weight is 448 g/mol. The Labute approximate surface area is 196 Å². The van der Waals surface area contributed by atoms with Gasteiger partial charge in [0, 0.05) is 24.0 Å². The van der Waals surface area contributed by atoms with Crippen molar-refractivity contribution in [1.29, 1.82) is 5.26 Å². The lowest BCUT2D eigenvalue weighted by atomic mass is 10.0. The molecule has 0 radical (unpaired) electrons. The number of anilines is 2. The molecule has 8 nitrogen and oxygen atoms in total. The molecule has 34 heavy (non-hydrogen) atoms. The molecule has 5 rings (SSSR count). The van der Waals surface area contributed by atoms with Gasteiger partial charge in [-0.05, 0) is 41.8 Å². The van der Waals surface area contributed by atoms with E-state index in [1.165, 1.54) is 30.1 Å². The summed E-state index contributed by atoms with van der Waals surface area (Å²) in [5, 5.41) is 16.0. The van der Waals surface area contributed by atoms with Gasteiger partial charge in [-0.1, -0.05) is 42.5 Å². The minimum Gasteiger partial charge on any atom is -0.319 e. The lowest BCUT2D eigenvalue weighted by Gasteiger charge is -2.28. The fourth-order valence-corrected chi connectivity index (χ4v) is 4.00. The Morgan fingerprint density at radius 2 is 1.79 bits per heavy atom. The molecule has 0 atom stereocenters. The van der Waals surface area contributed by atoms with Gasteiger partial charge >= 0.3 is 0 Å². The molecule has 0 saturated carbocycles. The Hall–Kier alpha value is -4.77. The van der Waals surface area contributed by atoms with E-state index in [0.717, 1.165) is 17.7 Å². The fraction of sp³-hybridized carbons (Fsp3) is 0.115. The van der Waals surface area contributed by atoms with E-state index in [0.29, 0.717) is 24.5 Å². The molecule has 1 aliphatic heterocycles. The van der Waals surface area contributed by atoms with Crippen LogP contribution >= 0.6 is 0 Å². The monoisotopic (exact) mass is 448 g/mol. The summed E-state index contributed by atoms with van der Waals surface area (Å²) in [5.41, 5.74) is 4.25. The van der Waals surface area contributed by atoms with Crippen molar-refractivity contribution >= 4 is 23.2 Å². The summed E-state index contributed by atoms with van der Waals surface area (Å²) < 4.78 is 1.60. The van der Waals surface area contributed by atoms with Crippen LogP contribution in [0.1, 0.15) is 37.7 Å². The number of hydrogen-bond donors (Lipinski definition) is 1. The highest BCUT2D eigenvalue weighted by Crippen LogP contribution is 2.26. The van der Waals surface area contributed by atoms with Crippen LogP contribution in [0.2, 0.25) is 0 Å². The summed E-state index contributed by atoms with van der Waals surface area (Å²) in [6.45, 7) is 0.991. The number of fused-ring (bicyclic) bond motifs is 1. The standard InChI is InChI=1S/C26H20N6O2/c27-16-21-15-20(10-11-28-21)25(33)30-23-17-29-32-13-12-31(26(34)24(23)32)22-8-6-19(7-9-22)14-18-4-2-1-3-5-18/h1-11,15,17H,12-14H2,(H,30,33). The van der Waals surface area contributed by atoms with Gasteiger partial charge in [-0.25, -0.2) is 4.98 Å². The number of aromatic nitrogens is 3. The normalized spacial score (nSPS) is 12.7. The van der Waals surface area contributed by atoms with Crippen molar-refractivity contribution in [2.45, 2.75) is 13.0 Å². The average Bonchev–Trinajstić information content (AvgIpc) is 3.29.